The van der Waals surface area contributed by atoms with E-state index >= 15 is 0 Å². The molecule has 0 aromatic heterocycles. The molecule has 326 valence electrons. The number of allylic oxidation sites excluding steroid dienone is 2. The van der Waals surface area contributed by atoms with Gasteiger partial charge in [0.1, 0.15) is 0 Å². The van der Waals surface area contributed by atoms with Crippen LogP contribution in [0, 0.1) is 13.8 Å². The number of nitrogens with zero attached hydrogens (tertiary/aromatic N) is 2. The van der Waals surface area contributed by atoms with Gasteiger partial charge in [-0.05, 0) is 84.8 Å². The van der Waals surface area contributed by atoms with Crippen molar-refractivity contribution < 1.29 is 21.3 Å². The molecule has 2 aromatic carbocycles. The minimum atomic E-state index is 0. The molecule has 0 bridgehead atoms. The van der Waals surface area contributed by atoms with E-state index in [9.17, 15) is 5.53 Å². The molecular formula is C54H90N2Ni. The van der Waals surface area contributed by atoms with E-state index in [2.05, 4.69) is 115 Å². The molecule has 0 unspecified atom stereocenters. The fraction of sp³-hybridized carbons (Fsp3) is 0.667. The van der Waals surface area contributed by atoms with E-state index < -0.39 is 0 Å². The van der Waals surface area contributed by atoms with Gasteiger partial charge >= 0.3 is 22.4 Å². The van der Waals surface area contributed by atoms with Crippen LogP contribution in [-0.4, -0.2) is 10.7 Å². The largest absolute Gasteiger partial charge is 2.00 e. The van der Waals surface area contributed by atoms with Crippen LogP contribution in [0.15, 0.2) is 59.7 Å². The smallest absolute Gasteiger partial charge is 0.348 e. The Morgan fingerprint density at radius 2 is 0.930 bits per heavy atom. The Morgan fingerprint density at radius 1 is 0.491 bits per heavy atom. The van der Waals surface area contributed by atoms with Gasteiger partial charge in [-0.1, -0.05) is 218 Å². The summed E-state index contributed by atoms with van der Waals surface area (Å²) in [4.78, 5) is 3.37. The summed E-state index contributed by atoms with van der Waals surface area (Å²) < 4.78 is 0. The van der Waals surface area contributed by atoms with E-state index in [1.807, 2.05) is 0 Å². The first-order valence-electron chi connectivity index (χ1n) is 24.0. The molecule has 0 aliphatic heterocycles. The normalized spacial score (nSPS) is 10.9. The fourth-order valence-electron chi connectivity index (χ4n) is 7.09. The van der Waals surface area contributed by atoms with Gasteiger partial charge < -0.3 is 19.4 Å². The first-order chi connectivity index (χ1) is 27.5. The van der Waals surface area contributed by atoms with Crippen LogP contribution in [0.3, 0.4) is 0 Å². The maximum Gasteiger partial charge on any atom is 2.00 e. The van der Waals surface area contributed by atoms with Crippen molar-refractivity contribution in [3.05, 3.63) is 101 Å². The Labute approximate surface area is 366 Å². The van der Waals surface area contributed by atoms with Gasteiger partial charge in [-0.15, -0.1) is 4.79 Å². The van der Waals surface area contributed by atoms with Crippen molar-refractivity contribution in [3.8, 4) is 0 Å². The van der Waals surface area contributed by atoms with Crippen molar-refractivity contribution in [2.75, 3.05) is 0 Å². The molecule has 0 amide bonds. The molecule has 0 aliphatic carbocycles. The van der Waals surface area contributed by atoms with E-state index in [1.165, 1.54) is 162 Å². The van der Waals surface area contributed by atoms with Gasteiger partial charge in [-0.3, -0.25) is 0 Å². The number of hydrogen-bond donors (Lipinski definition) is 0. The molecule has 2 aromatic rings. The third kappa shape index (κ3) is 30.5. The Hall–Kier alpha value is -2.17. The van der Waals surface area contributed by atoms with Crippen molar-refractivity contribution in [2.24, 2.45) is 0 Å². The summed E-state index contributed by atoms with van der Waals surface area (Å²) in [5, 5.41) is 0. The number of rotatable bonds is 31. The number of unbranched alkanes of at least 4 members (excludes halogenated alkanes) is 20. The second kappa shape index (κ2) is 43.4. The molecule has 0 atom stereocenters. The van der Waals surface area contributed by atoms with E-state index in [0.29, 0.717) is 0 Å². The summed E-state index contributed by atoms with van der Waals surface area (Å²) in [6.45, 7) is 21.1. The van der Waals surface area contributed by atoms with Gasteiger partial charge in [0.25, 0.3) is 0 Å². The maximum atomic E-state index is 9.46. The SMILES string of the molecule is CCCCC(=C=[N+]=[N-])C(CCCC)=C(c1ccc(CCCC)cc1)c1cccc(CCCC)c1.[CH2-]CCCCCCCCCC.[CH2-]CCCCCCCCCC.[Ni+2]. The zero-order valence-electron chi connectivity index (χ0n) is 38.5. The first kappa shape index (κ1) is 56.9. The van der Waals surface area contributed by atoms with Gasteiger partial charge in [0.2, 0.25) is 0 Å². The van der Waals surface area contributed by atoms with Crippen LogP contribution >= 0.6 is 0 Å². The van der Waals surface area contributed by atoms with E-state index in [0.717, 1.165) is 69.8 Å². The van der Waals surface area contributed by atoms with Crippen LogP contribution in [0.1, 0.15) is 244 Å². The zero-order chi connectivity index (χ0) is 41.3. The summed E-state index contributed by atoms with van der Waals surface area (Å²) >= 11 is 0. The molecule has 0 N–H and O–H groups in total. The van der Waals surface area contributed by atoms with Crippen molar-refractivity contribution in [1.29, 1.82) is 0 Å². The molecular weight excluding hydrogens is 735 g/mol. The predicted molar refractivity (Wildman–Crippen MR) is 252 cm³/mol. The van der Waals surface area contributed by atoms with Crippen molar-refractivity contribution in [1.82, 2.24) is 0 Å². The van der Waals surface area contributed by atoms with Crippen LogP contribution in [0.5, 0.6) is 0 Å². The van der Waals surface area contributed by atoms with Crippen molar-refractivity contribution >= 4 is 11.4 Å². The van der Waals surface area contributed by atoms with Gasteiger partial charge in [0.15, 0.2) is 0 Å². The third-order valence-electron chi connectivity index (χ3n) is 10.7. The monoisotopic (exact) mass is 825 g/mol. The Kier molecular flexibility index (Phi) is 43.4. The third-order valence-corrected chi connectivity index (χ3v) is 10.7. The van der Waals surface area contributed by atoms with Gasteiger partial charge in [0, 0.05) is 0 Å². The molecule has 3 heteroatoms. The zero-order valence-corrected chi connectivity index (χ0v) is 39.4. The van der Waals surface area contributed by atoms with Crippen LogP contribution in [0.4, 0.5) is 0 Å². The molecule has 2 rings (SSSR count). The Balaban J connectivity index is 0. The summed E-state index contributed by atoms with van der Waals surface area (Å²) in [5.74, 6) is 2.97. The van der Waals surface area contributed by atoms with Crippen LogP contribution in [0.25, 0.3) is 11.1 Å². The van der Waals surface area contributed by atoms with Gasteiger partial charge in [-0.2, -0.15) is 12.8 Å². The molecule has 0 spiro atoms. The van der Waals surface area contributed by atoms with E-state index in [4.69, 9.17) is 0 Å². The van der Waals surface area contributed by atoms with Crippen LogP contribution in [-0.2, 0) is 29.3 Å². The molecule has 57 heavy (non-hydrogen) atoms. The summed E-state index contributed by atoms with van der Waals surface area (Å²) in [5.41, 5.74) is 18.4. The molecule has 2 nitrogen and oxygen atoms in total. The number of benzene rings is 2. The standard InChI is InChI=1S/C32H44N2.2C11H23.Ni/c1-5-9-14-26-20-22-28(23-21-26)32(29-18-13-16-27(24-29)15-10-6-2)31(19-12-8-4)30(25-34-33)17-11-7-3;2*1-3-5-7-9-11-10-8-6-4-2;/h13,16,18,20-24H,5-12,14-15,17,19H2,1-4H3;2*1,3-11H2,2H3;/q;2*-1;+2. The minimum absolute atomic E-state index is 0. The molecule has 0 saturated carbocycles. The van der Waals surface area contributed by atoms with Gasteiger partial charge in [0.05, 0.1) is 5.57 Å². The van der Waals surface area contributed by atoms with Crippen LogP contribution < -0.4 is 0 Å². The molecule has 0 saturated heterocycles. The molecule has 0 fully saturated rings. The minimum Gasteiger partial charge on any atom is -0.348 e. The molecule has 0 heterocycles. The van der Waals surface area contributed by atoms with Crippen LogP contribution in [0.2, 0.25) is 0 Å². The Bertz CT molecular complexity index is 1250. The van der Waals surface area contributed by atoms with E-state index in [1.54, 1.807) is 0 Å². The fourth-order valence-corrected chi connectivity index (χ4v) is 7.09. The van der Waals surface area contributed by atoms with Crippen molar-refractivity contribution in [3.63, 3.8) is 0 Å². The van der Waals surface area contributed by atoms with Crippen molar-refractivity contribution in [2.45, 2.75) is 234 Å². The second-order valence-electron chi connectivity index (χ2n) is 16.0. The number of hydrogen-bond acceptors (Lipinski definition) is 0. The average molecular weight is 826 g/mol. The molecule has 0 radical (unpaired) electrons. The summed E-state index contributed by atoms with van der Waals surface area (Å²) in [7, 11) is 0. The predicted octanol–water partition coefficient (Wildman–Crippen LogP) is 18.1. The molecule has 0 aliphatic rings. The topological polar surface area (TPSA) is 36.4 Å². The average Bonchev–Trinajstić information content (AvgIpc) is 3.22. The summed E-state index contributed by atoms with van der Waals surface area (Å²) in [6.07, 6.45) is 38.1. The van der Waals surface area contributed by atoms with Gasteiger partial charge in [-0.25, -0.2) is 0 Å². The quantitative estimate of drug-likeness (QED) is 0.0138. The maximum absolute atomic E-state index is 9.46. The second-order valence-corrected chi connectivity index (χ2v) is 16.0. The Morgan fingerprint density at radius 3 is 1.39 bits per heavy atom. The first-order valence-corrected chi connectivity index (χ1v) is 24.0. The number of aryl methyl sites for hydroxylation is 2. The summed E-state index contributed by atoms with van der Waals surface area (Å²) in [6, 6.07) is 18.2. The van der Waals surface area contributed by atoms with E-state index in [-0.39, 0.29) is 16.5 Å².